The predicted molar refractivity (Wildman–Crippen MR) is 64.7 cm³/mol. The molecule has 0 rings (SSSR count). The molecule has 0 aromatic heterocycles. The van der Waals surface area contributed by atoms with Crippen LogP contribution in [0.15, 0.2) is 0 Å². The van der Waals surface area contributed by atoms with Crippen molar-refractivity contribution in [2.45, 2.75) is 46.2 Å². The quantitative estimate of drug-likeness (QED) is 0.661. The predicted octanol–water partition coefficient (Wildman–Crippen LogP) is 1.27. The maximum atomic E-state index is 11.5. The van der Waals surface area contributed by atoms with Crippen molar-refractivity contribution in [2.24, 2.45) is 11.8 Å². The number of nitrogens with one attached hydrogen (secondary N) is 1. The molecule has 0 aliphatic rings. The molecule has 0 spiro atoms. The highest BCUT2D eigenvalue weighted by atomic mass is 16.5. The molecule has 0 aliphatic heterocycles. The lowest BCUT2D eigenvalue weighted by Gasteiger charge is -2.25. The molecular weight excluding hydrogens is 222 g/mol. The van der Waals surface area contributed by atoms with Crippen LogP contribution >= 0.6 is 0 Å². The van der Waals surface area contributed by atoms with Crippen LogP contribution in [0.3, 0.4) is 0 Å². The summed E-state index contributed by atoms with van der Waals surface area (Å²) in [5, 5.41) is 11.9. The molecule has 0 aromatic rings. The van der Waals surface area contributed by atoms with Crippen LogP contribution < -0.4 is 5.32 Å². The van der Waals surface area contributed by atoms with Crippen molar-refractivity contribution in [1.82, 2.24) is 5.32 Å². The number of rotatable bonds is 7. The van der Waals surface area contributed by atoms with Gasteiger partial charge in [-0.2, -0.15) is 0 Å². The third-order valence-corrected chi connectivity index (χ3v) is 2.80. The highest BCUT2D eigenvalue weighted by Gasteiger charge is 2.26. The van der Waals surface area contributed by atoms with E-state index < -0.39 is 17.9 Å². The van der Waals surface area contributed by atoms with E-state index in [9.17, 15) is 9.59 Å². The number of hydrogen-bond acceptors (Lipinski definition) is 4. The number of carboxylic acids is 1. The fourth-order valence-electron chi connectivity index (χ4n) is 1.52. The van der Waals surface area contributed by atoms with Gasteiger partial charge in [-0.15, -0.1) is 0 Å². The zero-order chi connectivity index (χ0) is 13.6. The Balaban J connectivity index is 4.52. The monoisotopic (exact) mass is 245 g/mol. The minimum absolute atomic E-state index is 0.282. The lowest BCUT2D eigenvalue weighted by Crippen LogP contribution is -2.47. The summed E-state index contributed by atoms with van der Waals surface area (Å²) in [7, 11) is 1.34. The Kier molecular flexibility index (Phi) is 6.80. The lowest BCUT2D eigenvalue weighted by molar-refractivity contribution is -0.146. The first-order valence-electron chi connectivity index (χ1n) is 5.86. The summed E-state index contributed by atoms with van der Waals surface area (Å²) in [6, 6.07) is -0.729. The second-order valence-electron chi connectivity index (χ2n) is 4.79. The van der Waals surface area contributed by atoms with Gasteiger partial charge in [-0.1, -0.05) is 20.8 Å². The molecule has 0 aromatic carbocycles. The fraction of sp³-hybridized carbons (Fsp3) is 0.833. The van der Waals surface area contributed by atoms with Gasteiger partial charge in [0.1, 0.15) is 6.04 Å². The van der Waals surface area contributed by atoms with Gasteiger partial charge in [-0.3, -0.25) is 9.59 Å². The van der Waals surface area contributed by atoms with Crippen LogP contribution in [0.5, 0.6) is 0 Å². The number of aliphatic carboxylic acids is 1. The average molecular weight is 245 g/mol. The number of carbonyl (C=O) groups is 2. The molecule has 0 saturated carbocycles. The standard InChI is InChI=1S/C12H23NO4/c1-7(2)6-10(12(16)17-5)13-9(4)8(3)11(14)15/h7-10,13H,6H2,1-5H3,(H,14,15). The lowest BCUT2D eigenvalue weighted by atomic mass is 9.99. The molecule has 3 unspecified atom stereocenters. The van der Waals surface area contributed by atoms with Crippen molar-refractivity contribution < 1.29 is 19.4 Å². The maximum absolute atomic E-state index is 11.5. The average Bonchev–Trinajstić information content (AvgIpc) is 2.24. The van der Waals surface area contributed by atoms with E-state index in [0.29, 0.717) is 12.3 Å². The van der Waals surface area contributed by atoms with E-state index in [-0.39, 0.29) is 12.0 Å². The van der Waals surface area contributed by atoms with Crippen LogP contribution in [0.2, 0.25) is 0 Å². The van der Waals surface area contributed by atoms with Gasteiger partial charge in [-0.25, -0.2) is 0 Å². The second kappa shape index (κ2) is 7.27. The molecular formula is C12H23NO4. The first-order chi connectivity index (χ1) is 7.79. The molecule has 0 bridgehead atoms. The Morgan fingerprint density at radius 3 is 2.12 bits per heavy atom. The number of methoxy groups -OCH3 is 1. The molecule has 5 nitrogen and oxygen atoms in total. The van der Waals surface area contributed by atoms with Crippen molar-refractivity contribution in [2.75, 3.05) is 7.11 Å². The van der Waals surface area contributed by atoms with Gasteiger partial charge in [0.15, 0.2) is 0 Å². The zero-order valence-electron chi connectivity index (χ0n) is 11.2. The largest absolute Gasteiger partial charge is 0.481 e. The Bertz CT molecular complexity index is 265. The molecule has 0 fully saturated rings. The molecule has 0 aliphatic carbocycles. The third kappa shape index (κ3) is 5.68. The summed E-state index contributed by atoms with van der Waals surface area (Å²) in [5.74, 6) is -1.44. The fourth-order valence-corrected chi connectivity index (χ4v) is 1.52. The van der Waals surface area contributed by atoms with Gasteiger partial charge in [0, 0.05) is 6.04 Å². The topological polar surface area (TPSA) is 75.6 Å². The summed E-state index contributed by atoms with van der Waals surface area (Å²) in [4.78, 5) is 22.4. The van der Waals surface area contributed by atoms with Gasteiger partial charge in [0.05, 0.1) is 13.0 Å². The van der Waals surface area contributed by atoms with Crippen LogP contribution in [-0.4, -0.2) is 36.2 Å². The summed E-state index contributed by atoms with van der Waals surface area (Å²) >= 11 is 0. The van der Waals surface area contributed by atoms with Crippen LogP contribution in [0.25, 0.3) is 0 Å². The smallest absolute Gasteiger partial charge is 0.322 e. The van der Waals surface area contributed by atoms with Gasteiger partial charge < -0.3 is 15.2 Å². The van der Waals surface area contributed by atoms with Crippen LogP contribution in [0.1, 0.15) is 34.1 Å². The highest BCUT2D eigenvalue weighted by molar-refractivity contribution is 5.76. The third-order valence-electron chi connectivity index (χ3n) is 2.80. The van der Waals surface area contributed by atoms with E-state index in [1.807, 2.05) is 13.8 Å². The number of carbonyl (C=O) groups excluding carboxylic acids is 1. The van der Waals surface area contributed by atoms with E-state index >= 15 is 0 Å². The maximum Gasteiger partial charge on any atom is 0.322 e. The molecule has 17 heavy (non-hydrogen) atoms. The highest BCUT2D eigenvalue weighted by Crippen LogP contribution is 2.10. The van der Waals surface area contributed by atoms with Gasteiger partial charge in [-0.05, 0) is 19.3 Å². The van der Waals surface area contributed by atoms with Crippen molar-refractivity contribution in [3.63, 3.8) is 0 Å². The Morgan fingerprint density at radius 1 is 1.24 bits per heavy atom. The molecule has 5 heteroatoms. The molecule has 3 atom stereocenters. The molecule has 2 N–H and O–H groups in total. The summed E-state index contributed by atoms with van der Waals surface area (Å²) in [6.45, 7) is 7.38. The first-order valence-corrected chi connectivity index (χ1v) is 5.86. The number of esters is 1. The first kappa shape index (κ1) is 15.9. The van der Waals surface area contributed by atoms with Crippen LogP contribution in [0, 0.1) is 11.8 Å². The van der Waals surface area contributed by atoms with E-state index in [2.05, 4.69) is 5.32 Å². The van der Waals surface area contributed by atoms with Crippen LogP contribution in [-0.2, 0) is 14.3 Å². The molecule has 0 heterocycles. The van der Waals surface area contributed by atoms with Gasteiger partial charge in [0.25, 0.3) is 0 Å². The molecule has 0 amide bonds. The van der Waals surface area contributed by atoms with Crippen LogP contribution in [0.4, 0.5) is 0 Å². The van der Waals surface area contributed by atoms with Gasteiger partial charge in [0.2, 0.25) is 0 Å². The Morgan fingerprint density at radius 2 is 1.76 bits per heavy atom. The molecule has 100 valence electrons. The zero-order valence-corrected chi connectivity index (χ0v) is 11.2. The van der Waals surface area contributed by atoms with Crippen molar-refractivity contribution in [1.29, 1.82) is 0 Å². The van der Waals surface area contributed by atoms with Gasteiger partial charge >= 0.3 is 11.9 Å². The summed E-state index contributed by atoms with van der Waals surface area (Å²) < 4.78 is 4.71. The van der Waals surface area contributed by atoms with E-state index in [0.717, 1.165) is 0 Å². The minimum atomic E-state index is -0.877. The Labute approximate surface area is 103 Å². The normalized spacial score (nSPS) is 16.4. The van der Waals surface area contributed by atoms with E-state index in [1.165, 1.54) is 7.11 Å². The summed E-state index contributed by atoms with van der Waals surface area (Å²) in [6.07, 6.45) is 0.628. The number of hydrogen-bond donors (Lipinski definition) is 2. The van der Waals surface area contributed by atoms with Crippen molar-refractivity contribution >= 4 is 11.9 Å². The van der Waals surface area contributed by atoms with Crippen molar-refractivity contribution in [3.05, 3.63) is 0 Å². The second-order valence-corrected chi connectivity index (χ2v) is 4.79. The van der Waals surface area contributed by atoms with E-state index in [4.69, 9.17) is 9.84 Å². The van der Waals surface area contributed by atoms with Crippen molar-refractivity contribution in [3.8, 4) is 0 Å². The molecule has 0 radical (unpaired) electrons. The number of ether oxygens (including phenoxy) is 1. The SMILES string of the molecule is COC(=O)C(CC(C)C)NC(C)C(C)C(=O)O. The minimum Gasteiger partial charge on any atom is -0.481 e. The van der Waals surface area contributed by atoms with E-state index in [1.54, 1.807) is 13.8 Å². The number of carboxylic acid groups (broad SMARTS) is 1. The summed E-state index contributed by atoms with van der Waals surface area (Å²) in [5.41, 5.74) is 0. The molecule has 0 saturated heterocycles. The Hall–Kier alpha value is -1.10.